The van der Waals surface area contributed by atoms with Gasteiger partial charge >= 0.3 is 0 Å². The minimum atomic E-state index is -0.0260. The summed E-state index contributed by atoms with van der Waals surface area (Å²) >= 11 is 0. The van der Waals surface area contributed by atoms with E-state index in [2.05, 4.69) is 39.3 Å². The van der Waals surface area contributed by atoms with Crippen molar-refractivity contribution >= 4 is 17.5 Å². The van der Waals surface area contributed by atoms with Crippen LogP contribution in [0.5, 0.6) is 0 Å². The number of hydrogen-bond acceptors (Lipinski definition) is 4. The van der Waals surface area contributed by atoms with E-state index in [0.29, 0.717) is 12.5 Å². The zero-order valence-corrected chi connectivity index (χ0v) is 20.3. The molecule has 178 valence electrons. The Kier molecular flexibility index (Phi) is 7.48. The summed E-state index contributed by atoms with van der Waals surface area (Å²) in [6.07, 6.45) is 6.41. The maximum atomic E-state index is 12.9. The third-order valence-corrected chi connectivity index (χ3v) is 7.06. The first kappa shape index (κ1) is 23.5. The molecule has 7 heteroatoms. The Hall–Kier alpha value is -2.67. The average molecular weight is 452 g/mol. The molecule has 2 saturated heterocycles. The molecule has 2 aromatic rings. The van der Waals surface area contributed by atoms with E-state index in [1.165, 1.54) is 18.4 Å². The van der Waals surface area contributed by atoms with E-state index in [-0.39, 0.29) is 11.8 Å². The highest BCUT2D eigenvalue weighted by molar-refractivity contribution is 5.93. The number of rotatable bonds is 5. The molecule has 3 heterocycles. The lowest BCUT2D eigenvalue weighted by Crippen LogP contribution is -2.44. The number of carbonyl (C=O) groups is 2. The number of anilines is 1. The van der Waals surface area contributed by atoms with Crippen molar-refractivity contribution in [2.24, 2.45) is 5.92 Å². The number of nitrogens with zero attached hydrogens (tertiary/aromatic N) is 4. The molecule has 1 N–H and O–H groups in total. The standard InChI is InChI=1S/C26H37N5O2/c1-19-8-10-23(11-9-19)31-21(3)25(20(2)28-31)27-24(32)18-29-16-12-22(13-17-29)26(33)30-14-6-4-5-7-15-30/h8-11,22H,4-7,12-18H2,1-3H3,(H,27,32). The molecular weight excluding hydrogens is 414 g/mol. The largest absolute Gasteiger partial charge is 0.342 e. The van der Waals surface area contributed by atoms with Gasteiger partial charge in [0.25, 0.3) is 0 Å². The molecule has 0 radical (unpaired) electrons. The Morgan fingerprint density at radius 2 is 1.58 bits per heavy atom. The predicted molar refractivity (Wildman–Crippen MR) is 131 cm³/mol. The van der Waals surface area contributed by atoms with Crippen LogP contribution in [0, 0.1) is 26.7 Å². The molecule has 4 rings (SSSR count). The molecular formula is C26H37N5O2. The molecule has 0 aliphatic carbocycles. The van der Waals surface area contributed by atoms with Crippen molar-refractivity contribution in [2.75, 3.05) is 38.0 Å². The molecule has 0 unspecified atom stereocenters. The summed E-state index contributed by atoms with van der Waals surface area (Å²) < 4.78 is 1.88. The summed E-state index contributed by atoms with van der Waals surface area (Å²) in [6.45, 7) is 9.72. The number of hydrogen-bond donors (Lipinski definition) is 1. The summed E-state index contributed by atoms with van der Waals surface area (Å²) in [5.74, 6) is 0.414. The summed E-state index contributed by atoms with van der Waals surface area (Å²) in [6, 6.07) is 8.20. The minimum absolute atomic E-state index is 0.0260. The van der Waals surface area contributed by atoms with E-state index in [1.807, 2.05) is 30.7 Å². The SMILES string of the molecule is Cc1ccc(-n2nc(C)c(NC(=O)CN3CCC(C(=O)N4CCCCCC4)CC3)c2C)cc1. The number of amides is 2. The number of aryl methyl sites for hydroxylation is 2. The Morgan fingerprint density at radius 3 is 2.21 bits per heavy atom. The van der Waals surface area contributed by atoms with E-state index in [9.17, 15) is 9.59 Å². The summed E-state index contributed by atoms with van der Waals surface area (Å²) in [5.41, 5.74) is 4.70. The van der Waals surface area contributed by atoms with Gasteiger partial charge in [-0.15, -0.1) is 0 Å². The van der Waals surface area contributed by atoms with Crippen molar-refractivity contribution in [3.05, 3.63) is 41.2 Å². The van der Waals surface area contributed by atoms with Gasteiger partial charge in [-0.05, 0) is 71.7 Å². The summed E-state index contributed by atoms with van der Waals surface area (Å²) in [5, 5.41) is 7.72. The second-order valence-corrected chi connectivity index (χ2v) is 9.63. The third kappa shape index (κ3) is 5.64. The highest BCUT2D eigenvalue weighted by Gasteiger charge is 2.29. The van der Waals surface area contributed by atoms with Crippen molar-refractivity contribution in [3.8, 4) is 5.69 Å². The predicted octanol–water partition coefficient (Wildman–Crippen LogP) is 3.85. The molecule has 33 heavy (non-hydrogen) atoms. The van der Waals surface area contributed by atoms with E-state index < -0.39 is 0 Å². The second kappa shape index (κ2) is 10.5. The van der Waals surface area contributed by atoms with E-state index in [1.54, 1.807) is 0 Å². The number of carbonyl (C=O) groups excluding carboxylic acids is 2. The molecule has 2 amide bonds. The molecule has 0 bridgehead atoms. The molecule has 1 aromatic heterocycles. The van der Waals surface area contributed by atoms with E-state index in [0.717, 1.165) is 74.6 Å². The summed E-state index contributed by atoms with van der Waals surface area (Å²) in [7, 11) is 0. The third-order valence-electron chi connectivity index (χ3n) is 7.06. The first-order valence-electron chi connectivity index (χ1n) is 12.4. The number of likely N-dealkylation sites (tertiary alicyclic amines) is 2. The molecule has 2 aliphatic heterocycles. The fourth-order valence-electron chi connectivity index (χ4n) is 5.03. The molecule has 2 fully saturated rings. The van der Waals surface area contributed by atoms with Gasteiger partial charge in [-0.1, -0.05) is 30.5 Å². The normalized spacial score (nSPS) is 18.2. The smallest absolute Gasteiger partial charge is 0.238 e. The number of benzene rings is 1. The van der Waals surface area contributed by atoms with Crippen molar-refractivity contribution in [2.45, 2.75) is 59.3 Å². The maximum absolute atomic E-state index is 12.9. The molecule has 0 atom stereocenters. The highest BCUT2D eigenvalue weighted by atomic mass is 16.2. The number of nitrogens with one attached hydrogen (secondary N) is 1. The van der Waals surface area contributed by atoms with Crippen LogP contribution < -0.4 is 5.32 Å². The molecule has 0 saturated carbocycles. The first-order chi connectivity index (χ1) is 15.9. The highest BCUT2D eigenvalue weighted by Crippen LogP contribution is 2.24. The van der Waals surface area contributed by atoms with Crippen LogP contribution in [-0.2, 0) is 9.59 Å². The van der Waals surface area contributed by atoms with Gasteiger partial charge in [0, 0.05) is 19.0 Å². The van der Waals surface area contributed by atoms with Crippen LogP contribution in [0.3, 0.4) is 0 Å². The Labute approximate surface area is 197 Å². The van der Waals surface area contributed by atoms with Crippen LogP contribution in [0.15, 0.2) is 24.3 Å². The average Bonchev–Trinajstić information content (AvgIpc) is 3.00. The monoisotopic (exact) mass is 451 g/mol. The zero-order chi connectivity index (χ0) is 23.4. The maximum Gasteiger partial charge on any atom is 0.238 e. The second-order valence-electron chi connectivity index (χ2n) is 9.63. The van der Waals surface area contributed by atoms with Crippen molar-refractivity contribution in [1.29, 1.82) is 0 Å². The van der Waals surface area contributed by atoms with Gasteiger partial charge in [0.15, 0.2) is 0 Å². The number of piperidine rings is 1. The topological polar surface area (TPSA) is 70.5 Å². The Balaban J connectivity index is 1.30. The van der Waals surface area contributed by atoms with Crippen LogP contribution in [-0.4, -0.2) is 64.1 Å². The fraction of sp³-hybridized carbons (Fsp3) is 0.577. The van der Waals surface area contributed by atoms with Crippen LogP contribution in [0.4, 0.5) is 5.69 Å². The number of aromatic nitrogens is 2. The lowest BCUT2D eigenvalue weighted by Gasteiger charge is -2.33. The van der Waals surface area contributed by atoms with Gasteiger partial charge in [0.1, 0.15) is 0 Å². The van der Waals surface area contributed by atoms with Gasteiger partial charge in [0.2, 0.25) is 11.8 Å². The lowest BCUT2D eigenvalue weighted by atomic mass is 9.95. The van der Waals surface area contributed by atoms with Crippen molar-refractivity contribution < 1.29 is 9.59 Å². The zero-order valence-electron chi connectivity index (χ0n) is 20.3. The first-order valence-corrected chi connectivity index (χ1v) is 12.4. The molecule has 2 aliphatic rings. The Morgan fingerprint density at radius 1 is 0.939 bits per heavy atom. The van der Waals surface area contributed by atoms with E-state index in [4.69, 9.17) is 0 Å². The lowest BCUT2D eigenvalue weighted by molar-refractivity contribution is -0.137. The fourth-order valence-corrected chi connectivity index (χ4v) is 5.03. The summed E-state index contributed by atoms with van der Waals surface area (Å²) in [4.78, 5) is 30.0. The molecule has 7 nitrogen and oxygen atoms in total. The van der Waals surface area contributed by atoms with Crippen molar-refractivity contribution in [1.82, 2.24) is 19.6 Å². The Bertz CT molecular complexity index is 965. The van der Waals surface area contributed by atoms with E-state index >= 15 is 0 Å². The van der Waals surface area contributed by atoms with Crippen LogP contribution in [0.1, 0.15) is 55.5 Å². The van der Waals surface area contributed by atoms with Crippen LogP contribution in [0.2, 0.25) is 0 Å². The van der Waals surface area contributed by atoms with Gasteiger partial charge in [-0.3, -0.25) is 14.5 Å². The van der Waals surface area contributed by atoms with Gasteiger partial charge in [-0.2, -0.15) is 5.10 Å². The van der Waals surface area contributed by atoms with Crippen LogP contribution in [0.25, 0.3) is 5.69 Å². The quantitative estimate of drug-likeness (QED) is 0.750. The molecule has 0 spiro atoms. The van der Waals surface area contributed by atoms with Crippen LogP contribution >= 0.6 is 0 Å². The minimum Gasteiger partial charge on any atom is -0.342 e. The van der Waals surface area contributed by atoms with Crippen molar-refractivity contribution in [3.63, 3.8) is 0 Å². The molecule has 1 aromatic carbocycles. The van der Waals surface area contributed by atoms with Gasteiger partial charge < -0.3 is 10.2 Å². The van der Waals surface area contributed by atoms with Gasteiger partial charge in [0.05, 0.1) is 29.3 Å². The van der Waals surface area contributed by atoms with Gasteiger partial charge in [-0.25, -0.2) is 4.68 Å².